The van der Waals surface area contributed by atoms with Crippen LogP contribution in [-0.2, 0) is 31.1 Å². The Hall–Kier alpha value is -2.66. The first-order chi connectivity index (χ1) is 16.2. The topological polar surface area (TPSA) is 123 Å². The zero-order valence-corrected chi connectivity index (χ0v) is 19.1. The molecule has 1 aromatic carbocycles. The molecule has 10 nitrogen and oxygen atoms in total. The van der Waals surface area contributed by atoms with Crippen LogP contribution in [0, 0.1) is 28.9 Å². The van der Waals surface area contributed by atoms with E-state index in [1.165, 1.54) is 13.5 Å². The van der Waals surface area contributed by atoms with Crippen LogP contribution >= 0.6 is 0 Å². The molecule has 0 radical (unpaired) electrons. The number of amides is 2. The lowest BCUT2D eigenvalue weighted by Gasteiger charge is -2.40. The maximum Gasteiger partial charge on any atom is 0.282 e. The van der Waals surface area contributed by atoms with Gasteiger partial charge in [0.25, 0.3) is 16.1 Å². The van der Waals surface area contributed by atoms with E-state index in [2.05, 4.69) is 5.32 Å². The Bertz CT molecular complexity index is 1090. The van der Waals surface area contributed by atoms with E-state index >= 15 is 0 Å². The summed E-state index contributed by atoms with van der Waals surface area (Å²) in [5, 5.41) is 11.5. The van der Waals surface area contributed by atoms with Crippen LogP contribution < -0.4 is 5.32 Å². The quantitative estimate of drug-likeness (QED) is 0.589. The molecular weight excluding hydrogens is 472 g/mol. The standard InChI is InChI=1S/C21H25F2N5O5S/c22-16-6-14(7-17(23)8-16)10-25-20(29)18-2-1-3-28(18)21(30)19-13-26(4-5-33-19)34(31,32)27-11-15(9-24)12-27/h6-8,15,18-19H,1-5,10-13H2,(H,25,29)/t18-,19+/m1/s1. The number of hydrogen-bond donors (Lipinski definition) is 1. The highest BCUT2D eigenvalue weighted by molar-refractivity contribution is 7.86. The molecule has 0 spiro atoms. The number of nitriles is 1. The van der Waals surface area contributed by atoms with E-state index in [-0.39, 0.29) is 50.8 Å². The summed E-state index contributed by atoms with van der Waals surface area (Å²) >= 11 is 0. The number of ether oxygens (including phenoxy) is 1. The predicted octanol–water partition coefficient (Wildman–Crippen LogP) is -0.0270. The summed E-state index contributed by atoms with van der Waals surface area (Å²) in [6.07, 6.45) is -0.0637. The summed E-state index contributed by atoms with van der Waals surface area (Å²) in [5.41, 5.74) is 0.253. The fraction of sp³-hybridized carbons (Fsp3) is 0.571. The number of likely N-dealkylation sites (tertiary alicyclic amines) is 1. The van der Waals surface area contributed by atoms with Crippen molar-refractivity contribution in [1.29, 1.82) is 5.26 Å². The van der Waals surface area contributed by atoms with Gasteiger partial charge in [-0.1, -0.05) is 0 Å². The molecule has 0 aliphatic carbocycles. The Morgan fingerprint density at radius 2 is 1.82 bits per heavy atom. The molecule has 3 heterocycles. The van der Waals surface area contributed by atoms with Crippen molar-refractivity contribution in [3.63, 3.8) is 0 Å². The lowest BCUT2D eigenvalue weighted by Crippen LogP contribution is -2.60. The lowest BCUT2D eigenvalue weighted by atomic mass is 10.1. The first kappa shape index (κ1) is 24.5. The number of carbonyl (C=O) groups is 2. The van der Waals surface area contributed by atoms with Crippen LogP contribution in [0.1, 0.15) is 18.4 Å². The molecule has 13 heteroatoms. The van der Waals surface area contributed by atoms with Crippen molar-refractivity contribution in [2.45, 2.75) is 31.5 Å². The van der Waals surface area contributed by atoms with Gasteiger partial charge in [-0.05, 0) is 30.5 Å². The number of nitrogens with one attached hydrogen (secondary N) is 1. The van der Waals surface area contributed by atoms with Gasteiger partial charge >= 0.3 is 0 Å². The number of halogens is 2. The largest absolute Gasteiger partial charge is 0.366 e. The second-order valence-electron chi connectivity index (χ2n) is 8.55. The van der Waals surface area contributed by atoms with E-state index < -0.39 is 45.8 Å². The monoisotopic (exact) mass is 497 g/mol. The number of morpholine rings is 1. The fourth-order valence-electron chi connectivity index (χ4n) is 4.36. The van der Waals surface area contributed by atoms with Crippen molar-refractivity contribution in [1.82, 2.24) is 18.8 Å². The number of hydrogen-bond acceptors (Lipinski definition) is 6. The van der Waals surface area contributed by atoms with Crippen molar-refractivity contribution >= 4 is 22.0 Å². The Morgan fingerprint density at radius 3 is 2.50 bits per heavy atom. The van der Waals surface area contributed by atoms with E-state index in [1.807, 2.05) is 6.07 Å². The fourth-order valence-corrected chi connectivity index (χ4v) is 6.06. The van der Waals surface area contributed by atoms with Crippen LogP contribution in [0.2, 0.25) is 0 Å². The van der Waals surface area contributed by atoms with E-state index in [0.717, 1.165) is 18.2 Å². The highest BCUT2D eigenvalue weighted by Gasteiger charge is 2.44. The number of nitrogens with zero attached hydrogens (tertiary/aromatic N) is 4. The molecule has 34 heavy (non-hydrogen) atoms. The number of rotatable bonds is 6. The van der Waals surface area contributed by atoms with Gasteiger partial charge in [0.2, 0.25) is 5.91 Å². The summed E-state index contributed by atoms with van der Waals surface area (Å²) in [6, 6.07) is 4.21. The molecule has 3 fully saturated rings. The second-order valence-corrected chi connectivity index (χ2v) is 10.5. The predicted molar refractivity (Wildman–Crippen MR) is 114 cm³/mol. The smallest absolute Gasteiger partial charge is 0.282 e. The third-order valence-corrected chi connectivity index (χ3v) is 8.15. The molecule has 0 saturated carbocycles. The average molecular weight is 498 g/mol. The van der Waals surface area contributed by atoms with Gasteiger partial charge in [-0.2, -0.15) is 22.3 Å². The summed E-state index contributed by atoms with van der Waals surface area (Å²) in [7, 11) is -3.81. The van der Waals surface area contributed by atoms with Crippen molar-refractivity contribution in [2.24, 2.45) is 5.92 Å². The van der Waals surface area contributed by atoms with Gasteiger partial charge in [-0.15, -0.1) is 0 Å². The van der Waals surface area contributed by atoms with Gasteiger partial charge in [0.1, 0.15) is 23.8 Å². The molecule has 2 amide bonds. The minimum Gasteiger partial charge on any atom is -0.366 e. The van der Waals surface area contributed by atoms with Crippen LogP contribution in [0.15, 0.2) is 18.2 Å². The van der Waals surface area contributed by atoms with Gasteiger partial charge in [0, 0.05) is 38.8 Å². The van der Waals surface area contributed by atoms with Gasteiger partial charge in [0.15, 0.2) is 0 Å². The molecule has 3 aliphatic rings. The van der Waals surface area contributed by atoms with Gasteiger partial charge in [0.05, 0.1) is 25.1 Å². The maximum absolute atomic E-state index is 13.4. The first-order valence-corrected chi connectivity index (χ1v) is 12.4. The van der Waals surface area contributed by atoms with Crippen LogP contribution in [0.3, 0.4) is 0 Å². The normalized spacial score (nSPS) is 24.4. The summed E-state index contributed by atoms with van der Waals surface area (Å²) in [4.78, 5) is 27.3. The van der Waals surface area contributed by atoms with Gasteiger partial charge < -0.3 is 15.0 Å². The minimum absolute atomic E-state index is 0.0288. The maximum atomic E-state index is 13.4. The zero-order chi connectivity index (χ0) is 24.5. The van der Waals surface area contributed by atoms with Crippen LogP contribution in [0.25, 0.3) is 0 Å². The number of benzene rings is 1. The Balaban J connectivity index is 1.36. The second kappa shape index (κ2) is 9.91. The molecule has 184 valence electrons. The molecule has 0 bridgehead atoms. The molecule has 2 atom stereocenters. The summed E-state index contributed by atoms with van der Waals surface area (Å²) < 4.78 is 60.3. The van der Waals surface area contributed by atoms with Gasteiger partial charge in [-0.25, -0.2) is 8.78 Å². The van der Waals surface area contributed by atoms with E-state index in [1.54, 1.807) is 0 Å². The molecular formula is C21H25F2N5O5S. The third-order valence-electron chi connectivity index (χ3n) is 6.22. The molecule has 1 N–H and O–H groups in total. The van der Waals surface area contributed by atoms with E-state index in [9.17, 15) is 26.8 Å². The van der Waals surface area contributed by atoms with Gasteiger partial charge in [-0.3, -0.25) is 9.59 Å². The SMILES string of the molecule is N#CC1CN(S(=O)(=O)N2CCO[C@H](C(=O)N3CCC[C@@H]3C(=O)NCc3cc(F)cc(F)c3)C2)C1. The molecule has 0 aromatic heterocycles. The van der Waals surface area contributed by atoms with Crippen molar-refractivity contribution in [3.8, 4) is 6.07 Å². The van der Waals surface area contributed by atoms with Crippen molar-refractivity contribution in [2.75, 3.05) is 39.3 Å². The van der Waals surface area contributed by atoms with Crippen LogP contribution in [0.4, 0.5) is 8.78 Å². The highest BCUT2D eigenvalue weighted by Crippen LogP contribution is 2.25. The van der Waals surface area contributed by atoms with E-state index in [0.29, 0.717) is 19.4 Å². The molecule has 1 aromatic rings. The molecule has 4 rings (SSSR count). The zero-order valence-electron chi connectivity index (χ0n) is 18.3. The molecule has 0 unspecified atom stereocenters. The summed E-state index contributed by atoms with van der Waals surface area (Å²) in [5.74, 6) is -2.78. The number of carbonyl (C=O) groups excluding carboxylic acids is 2. The lowest BCUT2D eigenvalue weighted by molar-refractivity contribution is -0.151. The molecule has 3 saturated heterocycles. The van der Waals surface area contributed by atoms with E-state index in [4.69, 9.17) is 10.00 Å². The van der Waals surface area contributed by atoms with Crippen molar-refractivity contribution < 1.29 is 31.5 Å². The molecule has 3 aliphatic heterocycles. The summed E-state index contributed by atoms with van der Waals surface area (Å²) in [6.45, 7) is 0.402. The van der Waals surface area contributed by atoms with Crippen molar-refractivity contribution in [3.05, 3.63) is 35.4 Å². The third kappa shape index (κ3) is 5.05. The Morgan fingerprint density at radius 1 is 1.12 bits per heavy atom. The first-order valence-electron chi connectivity index (χ1n) is 11.0. The highest BCUT2D eigenvalue weighted by atomic mass is 32.2. The Kier molecular flexibility index (Phi) is 7.13. The Labute approximate surface area is 196 Å². The minimum atomic E-state index is -3.81. The van der Waals surface area contributed by atoms with Crippen LogP contribution in [0.5, 0.6) is 0 Å². The average Bonchev–Trinajstić information content (AvgIpc) is 3.25. The van der Waals surface area contributed by atoms with Crippen LogP contribution in [-0.4, -0.2) is 85.2 Å².